The van der Waals surface area contributed by atoms with Crippen LogP contribution in [0.4, 0.5) is 0 Å². The molecule has 116 valence electrons. The number of carbonyl (C=O) groups excluding carboxylic acids is 1. The van der Waals surface area contributed by atoms with Crippen LogP contribution >= 0.6 is 0 Å². The second-order valence-electron chi connectivity index (χ2n) is 4.50. The van der Waals surface area contributed by atoms with Crippen LogP contribution in [-0.2, 0) is 14.8 Å². The predicted octanol–water partition coefficient (Wildman–Crippen LogP) is 0.709. The molecule has 0 unspecified atom stereocenters. The molecule has 1 amide bonds. The Labute approximate surface area is 123 Å². The summed E-state index contributed by atoms with van der Waals surface area (Å²) in [4.78, 5) is 22.0. The first-order chi connectivity index (χ1) is 9.82. The minimum Gasteiger partial charge on any atom is -0.481 e. The fraction of sp³-hybridized carbons (Fsp3) is 0.385. The summed E-state index contributed by atoms with van der Waals surface area (Å²) in [5, 5.41) is 16.1. The number of benzene rings is 1. The number of unbranched alkanes of at least 4 members (excludes halogenated alkanes) is 2. The van der Waals surface area contributed by atoms with Gasteiger partial charge < -0.3 is 10.4 Å². The molecule has 7 nitrogen and oxygen atoms in total. The van der Waals surface area contributed by atoms with Crippen LogP contribution in [0.3, 0.4) is 0 Å². The SMILES string of the molecule is NS(=O)(=O)c1ccccc1C(=O)NCCCCCC(=O)O. The van der Waals surface area contributed by atoms with Crippen molar-refractivity contribution in [1.29, 1.82) is 0 Å². The third kappa shape index (κ3) is 5.92. The molecule has 1 rings (SSSR count). The number of carboxylic acid groups (broad SMARTS) is 1. The highest BCUT2D eigenvalue weighted by molar-refractivity contribution is 7.89. The van der Waals surface area contributed by atoms with E-state index in [2.05, 4.69) is 5.32 Å². The van der Waals surface area contributed by atoms with Gasteiger partial charge in [-0.25, -0.2) is 13.6 Å². The third-order valence-corrected chi connectivity index (χ3v) is 3.76. The number of hydrogen-bond acceptors (Lipinski definition) is 4. The van der Waals surface area contributed by atoms with Crippen LogP contribution in [0.25, 0.3) is 0 Å². The quantitative estimate of drug-likeness (QED) is 0.609. The molecule has 0 spiro atoms. The lowest BCUT2D eigenvalue weighted by atomic mass is 10.2. The molecule has 0 atom stereocenters. The van der Waals surface area contributed by atoms with Gasteiger partial charge in [-0.3, -0.25) is 9.59 Å². The van der Waals surface area contributed by atoms with Gasteiger partial charge in [0, 0.05) is 13.0 Å². The average Bonchev–Trinajstić information content (AvgIpc) is 2.41. The molecule has 21 heavy (non-hydrogen) atoms. The molecule has 0 fully saturated rings. The van der Waals surface area contributed by atoms with E-state index in [-0.39, 0.29) is 16.9 Å². The fourth-order valence-electron chi connectivity index (χ4n) is 1.78. The lowest BCUT2D eigenvalue weighted by Crippen LogP contribution is -2.27. The molecular weight excluding hydrogens is 296 g/mol. The van der Waals surface area contributed by atoms with Crippen LogP contribution in [0, 0.1) is 0 Å². The fourth-order valence-corrected chi connectivity index (χ4v) is 2.51. The molecular formula is C13H18N2O5S. The number of aliphatic carboxylic acids is 1. The molecule has 0 heterocycles. The number of rotatable bonds is 8. The largest absolute Gasteiger partial charge is 0.481 e. The van der Waals surface area contributed by atoms with Crippen molar-refractivity contribution in [2.75, 3.05) is 6.54 Å². The number of nitrogens with two attached hydrogens (primary N) is 1. The molecule has 0 saturated heterocycles. The second kappa shape index (κ2) is 7.75. The summed E-state index contributed by atoms with van der Waals surface area (Å²) in [6, 6.07) is 5.70. The van der Waals surface area contributed by atoms with E-state index in [9.17, 15) is 18.0 Å². The summed E-state index contributed by atoms with van der Waals surface area (Å²) < 4.78 is 22.8. The minimum atomic E-state index is -3.95. The van der Waals surface area contributed by atoms with Gasteiger partial charge in [-0.05, 0) is 25.0 Å². The molecule has 8 heteroatoms. The molecule has 0 aromatic heterocycles. The van der Waals surface area contributed by atoms with Crippen LogP contribution in [-0.4, -0.2) is 31.9 Å². The third-order valence-electron chi connectivity index (χ3n) is 2.79. The number of amides is 1. The van der Waals surface area contributed by atoms with E-state index in [4.69, 9.17) is 10.2 Å². The van der Waals surface area contributed by atoms with Crippen LogP contribution < -0.4 is 10.5 Å². The molecule has 1 aromatic rings. The summed E-state index contributed by atoms with van der Waals surface area (Å²) in [7, 11) is -3.95. The van der Waals surface area contributed by atoms with E-state index in [0.29, 0.717) is 25.8 Å². The number of nitrogens with one attached hydrogen (secondary N) is 1. The zero-order valence-corrected chi connectivity index (χ0v) is 12.2. The van der Waals surface area contributed by atoms with E-state index < -0.39 is 21.9 Å². The Morgan fingerprint density at radius 3 is 2.43 bits per heavy atom. The highest BCUT2D eigenvalue weighted by Gasteiger charge is 2.18. The Morgan fingerprint density at radius 1 is 1.14 bits per heavy atom. The van der Waals surface area contributed by atoms with Gasteiger partial charge in [0.15, 0.2) is 0 Å². The van der Waals surface area contributed by atoms with Crippen molar-refractivity contribution >= 4 is 21.9 Å². The smallest absolute Gasteiger partial charge is 0.303 e. The first-order valence-corrected chi connectivity index (χ1v) is 7.99. The Balaban J connectivity index is 2.52. The van der Waals surface area contributed by atoms with Crippen molar-refractivity contribution in [2.45, 2.75) is 30.6 Å². The minimum absolute atomic E-state index is 0.00513. The number of carbonyl (C=O) groups is 2. The lowest BCUT2D eigenvalue weighted by Gasteiger charge is -2.08. The number of hydrogen-bond donors (Lipinski definition) is 3. The summed E-state index contributed by atoms with van der Waals surface area (Å²) in [5.41, 5.74) is 0.00513. The Hall–Kier alpha value is -1.93. The molecule has 0 aliphatic heterocycles. The molecule has 0 bridgehead atoms. The Bertz CT molecular complexity index is 613. The van der Waals surface area contributed by atoms with E-state index in [1.807, 2.05) is 0 Å². The van der Waals surface area contributed by atoms with Gasteiger partial charge in [-0.15, -0.1) is 0 Å². The number of primary sulfonamides is 1. The van der Waals surface area contributed by atoms with Gasteiger partial charge in [0.05, 0.1) is 10.5 Å². The van der Waals surface area contributed by atoms with E-state index in [1.54, 1.807) is 6.07 Å². The van der Waals surface area contributed by atoms with Gasteiger partial charge in [-0.1, -0.05) is 18.6 Å². The molecule has 0 aliphatic rings. The summed E-state index contributed by atoms with van der Waals surface area (Å²) >= 11 is 0. The van der Waals surface area contributed by atoms with E-state index in [1.165, 1.54) is 18.2 Å². The van der Waals surface area contributed by atoms with Crippen molar-refractivity contribution in [2.24, 2.45) is 5.14 Å². The molecule has 0 aliphatic carbocycles. The number of carboxylic acids is 1. The number of sulfonamides is 1. The van der Waals surface area contributed by atoms with Crippen molar-refractivity contribution < 1.29 is 23.1 Å². The zero-order chi connectivity index (χ0) is 15.9. The first kappa shape index (κ1) is 17.1. The predicted molar refractivity (Wildman–Crippen MR) is 76.3 cm³/mol. The second-order valence-corrected chi connectivity index (χ2v) is 6.03. The standard InChI is InChI=1S/C13H18N2O5S/c14-21(19,20)11-7-4-3-6-10(11)13(18)15-9-5-1-2-8-12(16)17/h3-4,6-7H,1-2,5,8-9H2,(H,15,18)(H,16,17)(H2,14,19,20). The van der Waals surface area contributed by atoms with Crippen LogP contribution in [0.15, 0.2) is 29.2 Å². The highest BCUT2D eigenvalue weighted by Crippen LogP contribution is 2.13. The summed E-state index contributed by atoms with van der Waals surface area (Å²) in [6.45, 7) is 0.345. The van der Waals surface area contributed by atoms with Crippen molar-refractivity contribution in [3.05, 3.63) is 29.8 Å². The topological polar surface area (TPSA) is 127 Å². The zero-order valence-electron chi connectivity index (χ0n) is 11.4. The maximum atomic E-state index is 11.9. The van der Waals surface area contributed by atoms with Gasteiger partial charge in [0.25, 0.3) is 5.91 Å². The summed E-state index contributed by atoms with van der Waals surface area (Å²) in [5.74, 6) is -1.36. The summed E-state index contributed by atoms with van der Waals surface area (Å²) in [6.07, 6.45) is 1.93. The Morgan fingerprint density at radius 2 is 1.81 bits per heavy atom. The molecule has 0 radical (unpaired) electrons. The van der Waals surface area contributed by atoms with Gasteiger partial charge in [0.1, 0.15) is 0 Å². The van der Waals surface area contributed by atoms with E-state index >= 15 is 0 Å². The molecule has 0 saturated carbocycles. The van der Waals surface area contributed by atoms with Gasteiger partial charge in [0.2, 0.25) is 10.0 Å². The average molecular weight is 314 g/mol. The molecule has 4 N–H and O–H groups in total. The van der Waals surface area contributed by atoms with Crippen molar-refractivity contribution in [3.63, 3.8) is 0 Å². The first-order valence-electron chi connectivity index (χ1n) is 6.44. The van der Waals surface area contributed by atoms with Gasteiger partial charge in [-0.2, -0.15) is 0 Å². The van der Waals surface area contributed by atoms with Crippen LogP contribution in [0.2, 0.25) is 0 Å². The maximum absolute atomic E-state index is 11.9. The monoisotopic (exact) mass is 314 g/mol. The highest BCUT2D eigenvalue weighted by atomic mass is 32.2. The maximum Gasteiger partial charge on any atom is 0.303 e. The van der Waals surface area contributed by atoms with Gasteiger partial charge >= 0.3 is 5.97 Å². The van der Waals surface area contributed by atoms with E-state index in [0.717, 1.165) is 0 Å². The van der Waals surface area contributed by atoms with Crippen molar-refractivity contribution in [1.82, 2.24) is 5.32 Å². The molecule has 1 aromatic carbocycles. The van der Waals surface area contributed by atoms with Crippen LogP contribution in [0.1, 0.15) is 36.0 Å². The lowest BCUT2D eigenvalue weighted by molar-refractivity contribution is -0.137. The van der Waals surface area contributed by atoms with Crippen LogP contribution in [0.5, 0.6) is 0 Å². The Kier molecular flexibility index (Phi) is 6.32. The normalized spacial score (nSPS) is 11.1. The van der Waals surface area contributed by atoms with Crippen molar-refractivity contribution in [3.8, 4) is 0 Å².